The highest BCUT2D eigenvalue weighted by molar-refractivity contribution is 5.94. The number of ether oxygens (including phenoxy) is 1. The second kappa shape index (κ2) is 8.47. The van der Waals surface area contributed by atoms with Gasteiger partial charge in [0.05, 0.1) is 17.7 Å². The highest BCUT2D eigenvalue weighted by Crippen LogP contribution is 2.18. The van der Waals surface area contributed by atoms with E-state index in [9.17, 15) is 9.59 Å². The number of piperidine rings is 1. The van der Waals surface area contributed by atoms with Crippen LogP contribution in [0.2, 0.25) is 0 Å². The number of rotatable bonds is 5. The minimum absolute atomic E-state index is 0.0440. The molecule has 0 bridgehead atoms. The van der Waals surface area contributed by atoms with Gasteiger partial charge in [-0.25, -0.2) is 9.78 Å². The Bertz CT molecular complexity index is 751. The summed E-state index contributed by atoms with van der Waals surface area (Å²) in [5.41, 5.74) is 1.92. The Kier molecular flexibility index (Phi) is 5.84. The number of amides is 1. The first-order valence-corrected chi connectivity index (χ1v) is 8.97. The lowest BCUT2D eigenvalue weighted by Crippen LogP contribution is -2.35. The van der Waals surface area contributed by atoms with Gasteiger partial charge in [-0.3, -0.25) is 4.79 Å². The van der Waals surface area contributed by atoms with Crippen LogP contribution < -0.4 is 5.32 Å². The molecule has 0 atom stereocenters. The summed E-state index contributed by atoms with van der Waals surface area (Å²) in [6, 6.07) is 10.6. The lowest BCUT2D eigenvalue weighted by Gasteiger charge is -2.26. The average Bonchev–Trinajstić information content (AvgIpc) is 2.69. The van der Waals surface area contributed by atoms with Gasteiger partial charge in [0.25, 0.3) is 5.91 Å². The Hall–Kier alpha value is -2.89. The fourth-order valence-corrected chi connectivity index (χ4v) is 2.93. The van der Waals surface area contributed by atoms with E-state index >= 15 is 0 Å². The molecule has 1 aromatic heterocycles. The van der Waals surface area contributed by atoms with Crippen LogP contribution in [0.4, 0.5) is 11.5 Å². The van der Waals surface area contributed by atoms with Gasteiger partial charge in [0.15, 0.2) is 0 Å². The van der Waals surface area contributed by atoms with E-state index in [0.717, 1.165) is 31.6 Å². The third-order valence-electron chi connectivity index (χ3n) is 4.32. The zero-order valence-corrected chi connectivity index (χ0v) is 14.9. The zero-order chi connectivity index (χ0) is 18.4. The summed E-state index contributed by atoms with van der Waals surface area (Å²) in [6.07, 6.45) is 4.94. The number of aromatic nitrogens is 1. The number of carbonyl (C=O) groups is 2. The topological polar surface area (TPSA) is 71.5 Å². The molecular formula is C20H23N3O3. The number of nitrogens with one attached hydrogen (secondary N) is 1. The maximum absolute atomic E-state index is 12.4. The van der Waals surface area contributed by atoms with E-state index in [4.69, 9.17) is 4.74 Å². The molecule has 1 fully saturated rings. The molecule has 26 heavy (non-hydrogen) atoms. The second-order valence-corrected chi connectivity index (χ2v) is 6.21. The SMILES string of the molecule is CCOC(=O)c1ccc(Nc2ccc(C(=O)N3CCCCC3)cn2)cc1. The number of esters is 1. The van der Waals surface area contributed by atoms with Crippen molar-refractivity contribution in [2.45, 2.75) is 26.2 Å². The molecular weight excluding hydrogens is 330 g/mol. The van der Waals surface area contributed by atoms with Gasteiger partial charge in [0.1, 0.15) is 5.82 Å². The Labute approximate surface area is 153 Å². The zero-order valence-electron chi connectivity index (χ0n) is 14.9. The van der Waals surface area contributed by atoms with Gasteiger partial charge in [0, 0.05) is 25.0 Å². The minimum atomic E-state index is -0.335. The molecule has 1 aliphatic heterocycles. The summed E-state index contributed by atoms with van der Waals surface area (Å²) in [4.78, 5) is 30.3. The standard InChI is InChI=1S/C20H23N3O3/c1-2-26-20(25)15-6-9-17(10-7-15)22-18-11-8-16(14-21-18)19(24)23-12-4-3-5-13-23/h6-11,14H,2-5,12-13H2,1H3,(H,21,22). The van der Waals surface area contributed by atoms with Crippen LogP contribution in [0.25, 0.3) is 0 Å². The number of hydrogen-bond acceptors (Lipinski definition) is 5. The number of carbonyl (C=O) groups excluding carboxylic acids is 2. The normalized spacial score (nSPS) is 14.0. The Balaban J connectivity index is 1.62. The summed E-state index contributed by atoms with van der Waals surface area (Å²) in [6.45, 7) is 3.78. The van der Waals surface area contributed by atoms with Crippen LogP contribution in [-0.2, 0) is 4.74 Å². The van der Waals surface area contributed by atoms with E-state index in [2.05, 4.69) is 10.3 Å². The predicted molar refractivity (Wildman–Crippen MR) is 99.7 cm³/mol. The van der Waals surface area contributed by atoms with Gasteiger partial charge < -0.3 is 15.0 Å². The molecule has 0 spiro atoms. The fourth-order valence-electron chi connectivity index (χ4n) is 2.93. The number of benzene rings is 1. The average molecular weight is 353 g/mol. The number of pyridine rings is 1. The molecule has 2 aromatic rings. The van der Waals surface area contributed by atoms with Crippen molar-refractivity contribution >= 4 is 23.4 Å². The molecule has 2 heterocycles. The van der Waals surface area contributed by atoms with E-state index in [-0.39, 0.29) is 11.9 Å². The summed E-state index contributed by atoms with van der Waals surface area (Å²) < 4.78 is 4.96. The van der Waals surface area contributed by atoms with E-state index in [1.807, 2.05) is 4.90 Å². The van der Waals surface area contributed by atoms with Gasteiger partial charge in [0.2, 0.25) is 0 Å². The quantitative estimate of drug-likeness (QED) is 0.831. The highest BCUT2D eigenvalue weighted by Gasteiger charge is 2.18. The Morgan fingerprint density at radius 1 is 1.04 bits per heavy atom. The van der Waals surface area contributed by atoms with Crippen LogP contribution in [0.5, 0.6) is 0 Å². The molecule has 1 aromatic carbocycles. The number of nitrogens with zero attached hydrogens (tertiary/aromatic N) is 2. The Morgan fingerprint density at radius 3 is 2.35 bits per heavy atom. The molecule has 6 heteroatoms. The van der Waals surface area contributed by atoms with Gasteiger partial charge in [-0.1, -0.05) is 0 Å². The lowest BCUT2D eigenvalue weighted by molar-refractivity contribution is 0.0526. The van der Waals surface area contributed by atoms with Crippen LogP contribution in [-0.4, -0.2) is 41.5 Å². The van der Waals surface area contributed by atoms with Crippen molar-refractivity contribution in [1.82, 2.24) is 9.88 Å². The number of anilines is 2. The third kappa shape index (κ3) is 4.39. The first-order valence-electron chi connectivity index (χ1n) is 8.97. The van der Waals surface area contributed by atoms with Crippen molar-refractivity contribution in [3.05, 3.63) is 53.7 Å². The maximum Gasteiger partial charge on any atom is 0.338 e. The summed E-state index contributed by atoms with van der Waals surface area (Å²) in [5.74, 6) is 0.351. The molecule has 6 nitrogen and oxygen atoms in total. The van der Waals surface area contributed by atoms with E-state index in [1.165, 1.54) is 6.42 Å². The van der Waals surface area contributed by atoms with Crippen LogP contribution >= 0.6 is 0 Å². The van der Waals surface area contributed by atoms with E-state index in [1.54, 1.807) is 49.5 Å². The summed E-state index contributed by atoms with van der Waals surface area (Å²) in [5, 5.41) is 3.16. The molecule has 3 rings (SSSR count). The van der Waals surface area contributed by atoms with Crippen molar-refractivity contribution in [2.24, 2.45) is 0 Å². The molecule has 0 radical (unpaired) electrons. The van der Waals surface area contributed by atoms with Gasteiger partial charge in [-0.2, -0.15) is 0 Å². The van der Waals surface area contributed by atoms with Crippen molar-refractivity contribution in [1.29, 1.82) is 0 Å². The molecule has 1 amide bonds. The number of hydrogen-bond donors (Lipinski definition) is 1. The molecule has 0 unspecified atom stereocenters. The smallest absolute Gasteiger partial charge is 0.338 e. The van der Waals surface area contributed by atoms with E-state index < -0.39 is 0 Å². The highest BCUT2D eigenvalue weighted by atomic mass is 16.5. The third-order valence-corrected chi connectivity index (χ3v) is 4.32. The summed E-state index contributed by atoms with van der Waals surface area (Å²) in [7, 11) is 0. The predicted octanol–water partition coefficient (Wildman–Crippen LogP) is 3.63. The number of likely N-dealkylation sites (tertiary alicyclic amines) is 1. The molecule has 136 valence electrons. The largest absolute Gasteiger partial charge is 0.462 e. The van der Waals surface area contributed by atoms with Crippen LogP contribution in [0.3, 0.4) is 0 Å². The minimum Gasteiger partial charge on any atom is -0.462 e. The van der Waals surface area contributed by atoms with Crippen LogP contribution in [0, 0.1) is 0 Å². The molecule has 1 aliphatic rings. The summed E-state index contributed by atoms with van der Waals surface area (Å²) >= 11 is 0. The molecule has 1 saturated heterocycles. The molecule has 0 saturated carbocycles. The van der Waals surface area contributed by atoms with Gasteiger partial charge >= 0.3 is 5.97 Å². The van der Waals surface area contributed by atoms with Gasteiger partial charge in [-0.05, 0) is 62.6 Å². The second-order valence-electron chi connectivity index (χ2n) is 6.21. The van der Waals surface area contributed by atoms with E-state index in [0.29, 0.717) is 23.6 Å². The van der Waals surface area contributed by atoms with Crippen LogP contribution in [0.1, 0.15) is 46.9 Å². The van der Waals surface area contributed by atoms with Crippen LogP contribution in [0.15, 0.2) is 42.6 Å². The Morgan fingerprint density at radius 2 is 1.73 bits per heavy atom. The van der Waals surface area contributed by atoms with Crippen molar-refractivity contribution < 1.29 is 14.3 Å². The first-order chi connectivity index (χ1) is 12.7. The molecule has 0 aliphatic carbocycles. The lowest BCUT2D eigenvalue weighted by atomic mass is 10.1. The molecule has 1 N–H and O–H groups in total. The first kappa shape index (κ1) is 17.9. The maximum atomic E-state index is 12.4. The fraction of sp³-hybridized carbons (Fsp3) is 0.350. The van der Waals surface area contributed by atoms with Crippen molar-refractivity contribution in [2.75, 3.05) is 25.0 Å². The monoisotopic (exact) mass is 353 g/mol. The van der Waals surface area contributed by atoms with Gasteiger partial charge in [-0.15, -0.1) is 0 Å². The van der Waals surface area contributed by atoms with Crippen molar-refractivity contribution in [3.63, 3.8) is 0 Å². The van der Waals surface area contributed by atoms with Crippen molar-refractivity contribution in [3.8, 4) is 0 Å².